The summed E-state index contributed by atoms with van der Waals surface area (Å²) in [6, 6.07) is 10.5. The summed E-state index contributed by atoms with van der Waals surface area (Å²) < 4.78 is 35.5. The van der Waals surface area contributed by atoms with Gasteiger partial charge in [-0.1, -0.05) is 6.07 Å². The average Bonchev–Trinajstić information content (AvgIpc) is 3.11. The zero-order valence-corrected chi connectivity index (χ0v) is 17.6. The Morgan fingerprint density at radius 2 is 1.88 bits per heavy atom. The predicted molar refractivity (Wildman–Crippen MR) is 118 cm³/mol. The number of aromatic amines is 1. The number of ether oxygens (including phenoxy) is 1. The van der Waals surface area contributed by atoms with Crippen molar-refractivity contribution in [3.8, 4) is 17.0 Å². The number of anilines is 1. The van der Waals surface area contributed by atoms with E-state index in [9.17, 15) is 13.6 Å². The van der Waals surface area contributed by atoms with Crippen molar-refractivity contribution in [2.24, 2.45) is 0 Å². The Bertz CT molecular complexity index is 1310. The molecule has 0 radical (unpaired) electrons. The third-order valence-corrected chi connectivity index (χ3v) is 4.93. The Morgan fingerprint density at radius 1 is 1.12 bits per heavy atom. The molecule has 166 valence electrons. The normalized spacial score (nSPS) is 11.4. The van der Waals surface area contributed by atoms with E-state index in [0.29, 0.717) is 12.4 Å². The third kappa shape index (κ3) is 4.45. The fourth-order valence-corrected chi connectivity index (χ4v) is 3.25. The van der Waals surface area contributed by atoms with Crippen LogP contribution in [0.2, 0.25) is 0 Å². The molecule has 0 aliphatic rings. The standard InChI is InChI=1S/C22H22F2N6O2/c1-29(2)7-8-32-21-16(23)10-14(11-17(21)24)18-5-6-20(31)30(28-18)12-13-3-4-15-19(9-13)26-27-22(15)25/h3-6,9-11H,7-8,12H2,1-2H3,(H3,25,26,27). The van der Waals surface area contributed by atoms with Gasteiger partial charge in [-0.2, -0.15) is 10.2 Å². The highest BCUT2D eigenvalue weighted by atomic mass is 19.1. The number of hydrogen-bond donors (Lipinski definition) is 2. The molecule has 32 heavy (non-hydrogen) atoms. The molecule has 8 nitrogen and oxygen atoms in total. The van der Waals surface area contributed by atoms with Crippen molar-refractivity contribution in [2.75, 3.05) is 33.0 Å². The minimum absolute atomic E-state index is 0.148. The lowest BCUT2D eigenvalue weighted by atomic mass is 10.1. The Labute approximate surface area is 182 Å². The fourth-order valence-electron chi connectivity index (χ4n) is 3.25. The molecule has 2 aromatic carbocycles. The molecule has 4 aromatic rings. The number of aromatic nitrogens is 4. The number of nitrogens with zero attached hydrogens (tertiary/aromatic N) is 4. The minimum Gasteiger partial charge on any atom is -0.486 e. The Morgan fingerprint density at radius 3 is 2.59 bits per heavy atom. The SMILES string of the molecule is CN(C)CCOc1c(F)cc(-c2ccc(=O)n(Cc3ccc4c(N)n[nH]c4c3)n2)cc1F. The summed E-state index contributed by atoms with van der Waals surface area (Å²) in [5.41, 5.74) is 7.41. The Kier molecular flexibility index (Phi) is 5.87. The van der Waals surface area contributed by atoms with Crippen molar-refractivity contribution in [2.45, 2.75) is 6.54 Å². The molecule has 0 bridgehead atoms. The number of rotatable bonds is 7. The maximum atomic E-state index is 14.5. The number of nitrogens with one attached hydrogen (secondary N) is 1. The topological polar surface area (TPSA) is 102 Å². The second kappa shape index (κ2) is 8.75. The molecule has 3 N–H and O–H groups in total. The van der Waals surface area contributed by atoms with Gasteiger partial charge in [-0.3, -0.25) is 9.89 Å². The first kappa shape index (κ1) is 21.4. The van der Waals surface area contributed by atoms with Crippen LogP contribution in [0.4, 0.5) is 14.6 Å². The van der Waals surface area contributed by atoms with Gasteiger partial charge in [-0.05, 0) is 50.0 Å². The third-order valence-electron chi connectivity index (χ3n) is 4.93. The predicted octanol–water partition coefficient (Wildman–Crippen LogP) is 2.64. The van der Waals surface area contributed by atoms with Crippen LogP contribution in [-0.2, 0) is 6.54 Å². The van der Waals surface area contributed by atoms with Crippen molar-refractivity contribution in [3.63, 3.8) is 0 Å². The summed E-state index contributed by atoms with van der Waals surface area (Å²) >= 11 is 0. The molecule has 0 unspecified atom stereocenters. The van der Waals surface area contributed by atoms with E-state index in [-0.39, 0.29) is 30.0 Å². The summed E-state index contributed by atoms with van der Waals surface area (Å²) in [5, 5.41) is 11.8. The zero-order chi connectivity index (χ0) is 22.8. The van der Waals surface area contributed by atoms with Crippen molar-refractivity contribution in [1.29, 1.82) is 0 Å². The van der Waals surface area contributed by atoms with Gasteiger partial charge in [0.2, 0.25) is 0 Å². The molecule has 4 rings (SSSR count). The van der Waals surface area contributed by atoms with Crippen molar-refractivity contribution in [1.82, 2.24) is 24.9 Å². The molecule has 0 aliphatic heterocycles. The van der Waals surface area contributed by atoms with Crippen molar-refractivity contribution in [3.05, 3.63) is 70.0 Å². The van der Waals surface area contributed by atoms with Crippen molar-refractivity contribution >= 4 is 16.7 Å². The summed E-state index contributed by atoms with van der Waals surface area (Å²) in [7, 11) is 3.67. The van der Waals surface area contributed by atoms with E-state index >= 15 is 0 Å². The first-order valence-electron chi connectivity index (χ1n) is 9.89. The van der Waals surface area contributed by atoms with Crippen LogP contribution in [0.15, 0.2) is 47.3 Å². The maximum Gasteiger partial charge on any atom is 0.267 e. The lowest BCUT2D eigenvalue weighted by Crippen LogP contribution is -2.23. The van der Waals surface area contributed by atoms with E-state index in [1.54, 1.807) is 6.07 Å². The van der Waals surface area contributed by atoms with Crippen LogP contribution in [0, 0.1) is 11.6 Å². The smallest absolute Gasteiger partial charge is 0.267 e. The van der Waals surface area contributed by atoms with Crippen LogP contribution in [0.1, 0.15) is 5.56 Å². The molecule has 2 heterocycles. The van der Waals surface area contributed by atoms with Crippen LogP contribution in [0.5, 0.6) is 5.75 Å². The van der Waals surface area contributed by atoms with Gasteiger partial charge < -0.3 is 15.4 Å². The molecule has 0 saturated heterocycles. The average molecular weight is 440 g/mol. The van der Waals surface area contributed by atoms with Gasteiger partial charge in [0.15, 0.2) is 23.2 Å². The first-order chi connectivity index (χ1) is 15.3. The summed E-state index contributed by atoms with van der Waals surface area (Å²) in [6.07, 6.45) is 0. The summed E-state index contributed by atoms with van der Waals surface area (Å²) in [4.78, 5) is 14.2. The number of hydrogen-bond acceptors (Lipinski definition) is 6. The maximum absolute atomic E-state index is 14.5. The van der Waals surface area contributed by atoms with Crippen LogP contribution in [0.25, 0.3) is 22.2 Å². The molecule has 0 amide bonds. The number of fused-ring (bicyclic) bond motifs is 1. The number of H-pyrrole nitrogens is 1. The quantitative estimate of drug-likeness (QED) is 0.458. The number of halogens is 2. The number of likely N-dealkylation sites (N-methyl/N-ethyl adjacent to an activating group) is 1. The molecule has 0 spiro atoms. The minimum atomic E-state index is -0.833. The van der Waals surface area contributed by atoms with E-state index in [0.717, 1.165) is 28.6 Å². The van der Waals surface area contributed by atoms with Crippen LogP contribution in [0.3, 0.4) is 0 Å². The van der Waals surface area contributed by atoms with E-state index < -0.39 is 17.4 Å². The van der Waals surface area contributed by atoms with Gasteiger partial charge in [0.1, 0.15) is 6.61 Å². The molecule has 0 atom stereocenters. The second-order valence-electron chi connectivity index (χ2n) is 7.62. The van der Waals surface area contributed by atoms with Gasteiger partial charge in [-0.25, -0.2) is 13.5 Å². The first-order valence-corrected chi connectivity index (χ1v) is 9.89. The molecule has 10 heteroatoms. The van der Waals surface area contributed by atoms with Crippen LogP contribution in [-0.4, -0.2) is 52.1 Å². The molecule has 0 aliphatic carbocycles. The van der Waals surface area contributed by atoms with Gasteiger partial charge in [-0.15, -0.1) is 0 Å². The van der Waals surface area contributed by atoms with Gasteiger partial charge in [0.05, 0.1) is 17.8 Å². The highest BCUT2D eigenvalue weighted by molar-refractivity contribution is 5.88. The van der Waals surface area contributed by atoms with Crippen LogP contribution >= 0.6 is 0 Å². The lowest BCUT2D eigenvalue weighted by Gasteiger charge is -2.13. The largest absolute Gasteiger partial charge is 0.486 e. The van der Waals surface area contributed by atoms with Crippen LogP contribution < -0.4 is 16.0 Å². The highest BCUT2D eigenvalue weighted by Gasteiger charge is 2.15. The van der Waals surface area contributed by atoms with Crippen molar-refractivity contribution < 1.29 is 13.5 Å². The fraction of sp³-hybridized carbons (Fsp3) is 0.227. The number of benzene rings is 2. The summed E-state index contributed by atoms with van der Waals surface area (Å²) in [6.45, 7) is 0.831. The van der Waals surface area contributed by atoms with Gasteiger partial charge in [0.25, 0.3) is 5.56 Å². The highest BCUT2D eigenvalue weighted by Crippen LogP contribution is 2.28. The monoisotopic (exact) mass is 440 g/mol. The molecular formula is C22H22F2N6O2. The number of nitrogens with two attached hydrogens (primary N) is 1. The molecule has 0 fully saturated rings. The second-order valence-corrected chi connectivity index (χ2v) is 7.62. The summed E-state index contributed by atoms with van der Waals surface area (Å²) in [5.74, 6) is -1.71. The Balaban J connectivity index is 1.61. The van der Waals surface area contributed by atoms with E-state index in [2.05, 4.69) is 15.3 Å². The van der Waals surface area contributed by atoms with E-state index in [1.807, 2.05) is 31.1 Å². The lowest BCUT2D eigenvalue weighted by molar-refractivity contribution is 0.242. The van der Waals surface area contributed by atoms with Gasteiger partial charge >= 0.3 is 0 Å². The van der Waals surface area contributed by atoms with Gasteiger partial charge in [0, 0.05) is 23.6 Å². The molecule has 2 aromatic heterocycles. The van der Waals surface area contributed by atoms with E-state index in [4.69, 9.17) is 10.5 Å². The van der Waals surface area contributed by atoms with E-state index in [1.165, 1.54) is 16.8 Å². The number of nitrogen functional groups attached to an aromatic ring is 1. The molecular weight excluding hydrogens is 418 g/mol. The zero-order valence-electron chi connectivity index (χ0n) is 17.6. The molecule has 0 saturated carbocycles. The Hall–Kier alpha value is -3.79.